The van der Waals surface area contributed by atoms with E-state index in [-0.39, 0.29) is 18.1 Å². The zero-order chi connectivity index (χ0) is 12.1. The minimum Gasteiger partial charge on any atom is -0.459 e. The van der Waals surface area contributed by atoms with E-state index in [0.29, 0.717) is 11.5 Å². The van der Waals surface area contributed by atoms with Crippen LogP contribution in [0.4, 0.5) is 4.79 Å². The molecule has 0 unspecified atom stereocenters. The van der Waals surface area contributed by atoms with E-state index in [1.165, 1.54) is 13.8 Å². The molecule has 0 aliphatic carbocycles. The molecule has 0 aromatic rings. The van der Waals surface area contributed by atoms with Crippen molar-refractivity contribution in [2.24, 2.45) is 0 Å². The lowest BCUT2D eigenvalue weighted by molar-refractivity contribution is -0.146. The maximum absolute atomic E-state index is 11.2. The van der Waals surface area contributed by atoms with Crippen molar-refractivity contribution in [2.45, 2.75) is 26.0 Å². The maximum atomic E-state index is 11.2. The molecule has 0 aromatic carbocycles. The lowest BCUT2D eigenvalue weighted by atomic mass is 10.2. The van der Waals surface area contributed by atoms with Gasteiger partial charge in [-0.1, -0.05) is 0 Å². The van der Waals surface area contributed by atoms with E-state index < -0.39 is 11.9 Å². The van der Waals surface area contributed by atoms with Crippen molar-refractivity contribution in [3.63, 3.8) is 0 Å². The summed E-state index contributed by atoms with van der Waals surface area (Å²) in [6.07, 6.45) is -0.319. The molecule has 16 heavy (non-hydrogen) atoms. The molecule has 1 rings (SSSR count). The van der Waals surface area contributed by atoms with Gasteiger partial charge in [0.1, 0.15) is 6.10 Å². The van der Waals surface area contributed by atoms with Crippen molar-refractivity contribution in [1.82, 2.24) is 10.6 Å². The van der Waals surface area contributed by atoms with E-state index >= 15 is 0 Å². The minimum absolute atomic E-state index is 0.242. The summed E-state index contributed by atoms with van der Waals surface area (Å²) in [5.74, 6) is 0.534. The largest absolute Gasteiger partial charge is 0.459 e. The third kappa shape index (κ3) is 4.09. The van der Waals surface area contributed by atoms with Crippen LogP contribution in [0.25, 0.3) is 0 Å². The van der Waals surface area contributed by atoms with Gasteiger partial charge in [0.15, 0.2) is 0 Å². The molecular formula is C9H14N2O4S. The van der Waals surface area contributed by atoms with E-state index in [1.807, 2.05) is 0 Å². The molecule has 7 heteroatoms. The van der Waals surface area contributed by atoms with Crippen molar-refractivity contribution in [3.05, 3.63) is 0 Å². The van der Waals surface area contributed by atoms with Crippen LogP contribution in [0.1, 0.15) is 13.8 Å². The zero-order valence-corrected chi connectivity index (χ0v) is 9.93. The van der Waals surface area contributed by atoms with Crippen LogP contribution < -0.4 is 10.6 Å². The standard InChI is InChI=1S/C9H14N2O4S/c1-5(12)10-9(14)11-7-3-16-4-8(7)15-6(2)13/h7-8H,3-4H2,1-2H3,(H2,10,11,12,14)/t7-,8-/m1/s1. The Hall–Kier alpha value is -1.24. The molecule has 1 heterocycles. The molecule has 1 aliphatic rings. The summed E-state index contributed by atoms with van der Waals surface area (Å²) in [5, 5.41) is 4.70. The topological polar surface area (TPSA) is 84.5 Å². The average molecular weight is 246 g/mol. The molecule has 1 fully saturated rings. The summed E-state index contributed by atoms with van der Waals surface area (Å²) in [7, 11) is 0. The van der Waals surface area contributed by atoms with Crippen molar-refractivity contribution in [2.75, 3.05) is 11.5 Å². The molecule has 0 aromatic heterocycles. The average Bonchev–Trinajstić information content (AvgIpc) is 2.50. The molecule has 1 saturated heterocycles. The summed E-state index contributed by atoms with van der Waals surface area (Å²) in [6.45, 7) is 2.59. The normalized spacial score (nSPS) is 23.6. The second kappa shape index (κ2) is 5.74. The number of hydrogen-bond acceptors (Lipinski definition) is 5. The predicted octanol–water partition coefficient (Wildman–Crippen LogP) is -0.121. The molecule has 90 valence electrons. The van der Waals surface area contributed by atoms with Gasteiger partial charge in [-0.05, 0) is 0 Å². The third-order valence-electron chi connectivity index (χ3n) is 1.95. The number of esters is 1. The van der Waals surface area contributed by atoms with Crippen molar-refractivity contribution < 1.29 is 19.1 Å². The molecule has 0 bridgehead atoms. The second-order valence-electron chi connectivity index (χ2n) is 3.45. The summed E-state index contributed by atoms with van der Waals surface area (Å²) < 4.78 is 5.04. The molecule has 2 N–H and O–H groups in total. The van der Waals surface area contributed by atoms with E-state index in [0.717, 1.165) is 0 Å². The first-order valence-electron chi connectivity index (χ1n) is 4.82. The third-order valence-corrected chi connectivity index (χ3v) is 3.11. The lowest BCUT2D eigenvalue weighted by Crippen LogP contribution is -2.49. The number of ether oxygens (including phenoxy) is 1. The first-order valence-corrected chi connectivity index (χ1v) is 5.97. The Morgan fingerprint density at radius 1 is 1.25 bits per heavy atom. The van der Waals surface area contributed by atoms with Gasteiger partial charge in [0, 0.05) is 25.4 Å². The van der Waals surface area contributed by atoms with Crippen LogP contribution in [-0.4, -0.2) is 41.6 Å². The highest BCUT2D eigenvalue weighted by atomic mass is 32.2. The van der Waals surface area contributed by atoms with Gasteiger partial charge in [-0.3, -0.25) is 14.9 Å². The van der Waals surface area contributed by atoms with E-state index in [2.05, 4.69) is 10.6 Å². The van der Waals surface area contributed by atoms with Crippen molar-refractivity contribution in [3.8, 4) is 0 Å². The van der Waals surface area contributed by atoms with Gasteiger partial charge in [-0.15, -0.1) is 0 Å². The Balaban J connectivity index is 2.43. The number of carbonyl (C=O) groups is 3. The van der Waals surface area contributed by atoms with E-state index in [4.69, 9.17) is 4.74 Å². The number of amides is 3. The number of nitrogens with one attached hydrogen (secondary N) is 2. The number of urea groups is 1. The van der Waals surface area contributed by atoms with Gasteiger partial charge in [0.25, 0.3) is 0 Å². The Bertz CT molecular complexity index is 308. The fourth-order valence-corrected chi connectivity index (χ4v) is 2.58. The number of thioether (sulfide) groups is 1. The van der Waals surface area contributed by atoms with Gasteiger partial charge in [-0.2, -0.15) is 11.8 Å². The van der Waals surface area contributed by atoms with Crippen LogP contribution >= 0.6 is 11.8 Å². The van der Waals surface area contributed by atoms with Crippen LogP contribution in [0, 0.1) is 0 Å². The smallest absolute Gasteiger partial charge is 0.321 e. The zero-order valence-electron chi connectivity index (χ0n) is 9.11. The van der Waals surface area contributed by atoms with Gasteiger partial charge in [-0.25, -0.2) is 4.79 Å². The molecule has 2 atom stereocenters. The Morgan fingerprint density at radius 2 is 1.94 bits per heavy atom. The highest BCUT2D eigenvalue weighted by Gasteiger charge is 2.31. The van der Waals surface area contributed by atoms with Gasteiger partial charge in [0.2, 0.25) is 5.91 Å². The molecular weight excluding hydrogens is 232 g/mol. The Labute approximate surface area is 97.5 Å². The summed E-state index contributed by atoms with van der Waals surface area (Å²) in [5.41, 5.74) is 0. The molecule has 6 nitrogen and oxygen atoms in total. The minimum atomic E-state index is -0.558. The van der Waals surface area contributed by atoms with Crippen LogP contribution in [0.5, 0.6) is 0 Å². The molecule has 0 spiro atoms. The van der Waals surface area contributed by atoms with Crippen LogP contribution in [0.3, 0.4) is 0 Å². The van der Waals surface area contributed by atoms with Crippen LogP contribution in [0.2, 0.25) is 0 Å². The number of hydrogen-bond donors (Lipinski definition) is 2. The molecule has 0 radical (unpaired) electrons. The Kier molecular flexibility index (Phi) is 4.60. The second-order valence-corrected chi connectivity index (χ2v) is 4.52. The van der Waals surface area contributed by atoms with Gasteiger partial charge >= 0.3 is 12.0 Å². The molecule has 0 saturated carbocycles. The first-order chi connectivity index (χ1) is 7.49. The maximum Gasteiger partial charge on any atom is 0.321 e. The fraction of sp³-hybridized carbons (Fsp3) is 0.667. The van der Waals surface area contributed by atoms with E-state index in [1.54, 1.807) is 11.8 Å². The number of imide groups is 1. The fourth-order valence-electron chi connectivity index (χ4n) is 1.36. The number of carbonyl (C=O) groups excluding carboxylic acids is 3. The van der Waals surface area contributed by atoms with Crippen LogP contribution in [0.15, 0.2) is 0 Å². The summed E-state index contributed by atoms with van der Waals surface area (Å²) in [4.78, 5) is 32.7. The van der Waals surface area contributed by atoms with Crippen molar-refractivity contribution >= 4 is 29.7 Å². The monoisotopic (exact) mass is 246 g/mol. The quantitative estimate of drug-likeness (QED) is 0.663. The molecule has 1 aliphatic heterocycles. The Morgan fingerprint density at radius 3 is 2.50 bits per heavy atom. The first kappa shape index (κ1) is 12.8. The summed E-state index contributed by atoms with van der Waals surface area (Å²) in [6, 6.07) is -0.801. The lowest BCUT2D eigenvalue weighted by Gasteiger charge is -2.19. The van der Waals surface area contributed by atoms with Gasteiger partial charge in [0.05, 0.1) is 6.04 Å². The predicted molar refractivity (Wildman–Crippen MR) is 59.0 cm³/mol. The van der Waals surface area contributed by atoms with E-state index in [9.17, 15) is 14.4 Å². The highest BCUT2D eigenvalue weighted by Crippen LogP contribution is 2.21. The molecule has 3 amide bonds. The van der Waals surface area contributed by atoms with Crippen LogP contribution in [-0.2, 0) is 14.3 Å². The highest BCUT2D eigenvalue weighted by molar-refractivity contribution is 7.99. The number of rotatable bonds is 2. The van der Waals surface area contributed by atoms with Crippen molar-refractivity contribution in [1.29, 1.82) is 0 Å². The SMILES string of the molecule is CC(=O)NC(=O)N[C@@H]1CSC[C@H]1OC(C)=O. The van der Waals surface area contributed by atoms with Gasteiger partial charge < -0.3 is 10.1 Å². The summed E-state index contributed by atoms with van der Waals surface area (Å²) >= 11 is 1.59.